The highest BCUT2D eigenvalue weighted by Gasteiger charge is 2.15. The molecule has 100 valence electrons. The predicted octanol–water partition coefficient (Wildman–Crippen LogP) is 1.76. The molecule has 0 saturated heterocycles. The van der Waals surface area contributed by atoms with Gasteiger partial charge < -0.3 is 21.1 Å². The van der Waals surface area contributed by atoms with Crippen molar-refractivity contribution in [1.29, 1.82) is 0 Å². The summed E-state index contributed by atoms with van der Waals surface area (Å²) in [5, 5.41) is 12.2. The van der Waals surface area contributed by atoms with Gasteiger partial charge in [0.2, 0.25) is 0 Å². The molecule has 17 heavy (non-hydrogen) atoms. The number of nitrogen functional groups attached to an aromatic ring is 1. The molecule has 1 aromatic rings. The number of nitrogens with one attached hydrogen (secondary N) is 1. The summed E-state index contributed by atoms with van der Waals surface area (Å²) in [4.78, 5) is 2.14. The van der Waals surface area contributed by atoms with E-state index in [1.165, 1.54) is 0 Å². The fourth-order valence-electron chi connectivity index (χ4n) is 1.76. The Balaban J connectivity index is 0. The predicted molar refractivity (Wildman–Crippen MR) is 80.4 cm³/mol. The lowest BCUT2D eigenvalue weighted by Gasteiger charge is -2.31. The second kappa shape index (κ2) is 8.53. The van der Waals surface area contributed by atoms with Gasteiger partial charge in [0.05, 0.1) is 18.0 Å². The number of nitrogens with zero attached hydrogens (tertiary/aromatic N) is 1. The molecule has 0 amide bonds. The minimum atomic E-state index is 0. The monoisotopic (exact) mass is 301 g/mol. The Kier molecular flexibility index (Phi) is 9.43. The lowest BCUT2D eigenvalue weighted by atomic mass is 10.2. The molecule has 0 aromatic heterocycles. The van der Waals surface area contributed by atoms with Crippen LogP contribution in [0, 0.1) is 0 Å². The maximum absolute atomic E-state index is 8.92. The number of aliphatic hydroxyl groups is 1. The molecule has 0 saturated carbocycles. The number of β-amino-alcohol motifs (C(OH)–C–C–N with tert-alkyl or cyclic N) is 1. The van der Waals surface area contributed by atoms with E-state index in [0.717, 1.165) is 30.2 Å². The lowest BCUT2D eigenvalue weighted by molar-refractivity contribution is 0.302. The van der Waals surface area contributed by atoms with Gasteiger partial charge in [-0.25, -0.2) is 0 Å². The molecule has 0 atom stereocenters. The molecule has 0 spiro atoms. The van der Waals surface area contributed by atoms with Crippen LogP contribution < -0.4 is 16.0 Å². The summed E-state index contributed by atoms with van der Waals surface area (Å²) in [6.45, 7) is 2.67. The van der Waals surface area contributed by atoms with E-state index in [2.05, 4.69) is 10.2 Å². The number of hydrogen-bond donors (Lipinski definition) is 3. The first kappa shape index (κ1) is 18.8. The summed E-state index contributed by atoms with van der Waals surface area (Å²) < 4.78 is 0. The standard InChI is InChI=1S/C10H15N3O.3ClH/c11-8-1-2-9-10(7-8)13(5-6-14)4-3-12-9;;;/h1-2,7,12,14H,3-6,11H2;3*1H. The molecule has 1 heterocycles. The van der Waals surface area contributed by atoms with Crippen molar-refractivity contribution in [2.24, 2.45) is 0 Å². The number of aliphatic hydroxyl groups excluding tert-OH is 1. The van der Waals surface area contributed by atoms with Gasteiger partial charge in [0.25, 0.3) is 0 Å². The van der Waals surface area contributed by atoms with Gasteiger partial charge in [-0.2, -0.15) is 0 Å². The number of hydrogen-bond acceptors (Lipinski definition) is 4. The normalized spacial score (nSPS) is 12.2. The number of benzene rings is 1. The fourth-order valence-corrected chi connectivity index (χ4v) is 1.76. The SMILES string of the molecule is Cl.Cl.Cl.Nc1ccc2c(c1)N(CCO)CCN2. The molecule has 2 rings (SSSR count). The maximum atomic E-state index is 8.92. The molecule has 4 nitrogen and oxygen atoms in total. The number of rotatable bonds is 2. The highest BCUT2D eigenvalue weighted by Crippen LogP contribution is 2.30. The first-order valence-corrected chi connectivity index (χ1v) is 4.80. The van der Waals surface area contributed by atoms with Crippen LogP contribution in [0.4, 0.5) is 17.1 Å². The van der Waals surface area contributed by atoms with E-state index in [-0.39, 0.29) is 43.8 Å². The third-order valence-corrected chi connectivity index (χ3v) is 2.43. The molecule has 1 aliphatic heterocycles. The molecular weight excluding hydrogens is 284 g/mol. The molecule has 0 unspecified atom stereocenters. The Bertz CT molecular complexity index is 339. The Labute approximate surface area is 120 Å². The average Bonchev–Trinajstić information content (AvgIpc) is 2.19. The van der Waals surface area contributed by atoms with Crippen LogP contribution in [-0.4, -0.2) is 31.3 Å². The maximum Gasteiger partial charge on any atom is 0.0624 e. The Hall–Kier alpha value is -0.550. The third kappa shape index (κ3) is 4.32. The van der Waals surface area contributed by atoms with Crippen LogP contribution in [-0.2, 0) is 0 Å². The summed E-state index contributed by atoms with van der Waals surface area (Å²) in [7, 11) is 0. The summed E-state index contributed by atoms with van der Waals surface area (Å²) in [6.07, 6.45) is 0. The van der Waals surface area contributed by atoms with E-state index < -0.39 is 0 Å². The molecule has 4 N–H and O–H groups in total. The van der Waals surface area contributed by atoms with Crippen molar-refractivity contribution in [2.75, 3.05) is 42.2 Å². The van der Waals surface area contributed by atoms with Gasteiger partial charge in [-0.3, -0.25) is 0 Å². The third-order valence-electron chi connectivity index (χ3n) is 2.43. The van der Waals surface area contributed by atoms with E-state index in [9.17, 15) is 0 Å². The van der Waals surface area contributed by atoms with E-state index in [1.807, 2.05) is 18.2 Å². The molecule has 0 aliphatic carbocycles. The largest absolute Gasteiger partial charge is 0.399 e. The zero-order valence-electron chi connectivity index (χ0n) is 9.26. The van der Waals surface area contributed by atoms with E-state index in [4.69, 9.17) is 10.8 Å². The molecule has 1 aliphatic rings. The van der Waals surface area contributed by atoms with Crippen molar-refractivity contribution in [3.63, 3.8) is 0 Å². The van der Waals surface area contributed by atoms with E-state index in [0.29, 0.717) is 6.54 Å². The van der Waals surface area contributed by atoms with E-state index >= 15 is 0 Å². The summed E-state index contributed by atoms with van der Waals surface area (Å²) in [6, 6.07) is 5.81. The van der Waals surface area contributed by atoms with Crippen LogP contribution in [0.25, 0.3) is 0 Å². The van der Waals surface area contributed by atoms with Gasteiger partial charge in [0.15, 0.2) is 0 Å². The summed E-state index contributed by atoms with van der Waals surface area (Å²) >= 11 is 0. The van der Waals surface area contributed by atoms with Crippen LogP contribution in [0.5, 0.6) is 0 Å². The van der Waals surface area contributed by atoms with Crippen LogP contribution in [0.2, 0.25) is 0 Å². The van der Waals surface area contributed by atoms with E-state index in [1.54, 1.807) is 0 Å². The van der Waals surface area contributed by atoms with Gasteiger partial charge >= 0.3 is 0 Å². The molecule has 0 radical (unpaired) electrons. The van der Waals surface area contributed by atoms with Gasteiger partial charge in [-0.05, 0) is 18.2 Å². The highest BCUT2D eigenvalue weighted by atomic mass is 35.5. The molecule has 0 fully saturated rings. The summed E-state index contributed by atoms with van der Waals surface area (Å²) in [5.41, 5.74) is 8.67. The smallest absolute Gasteiger partial charge is 0.0624 e. The lowest BCUT2D eigenvalue weighted by Crippen LogP contribution is -2.35. The quantitative estimate of drug-likeness (QED) is 0.729. The van der Waals surface area contributed by atoms with Crippen molar-refractivity contribution in [3.8, 4) is 0 Å². The average molecular weight is 303 g/mol. The highest BCUT2D eigenvalue weighted by molar-refractivity contribution is 5.86. The summed E-state index contributed by atoms with van der Waals surface area (Å²) in [5.74, 6) is 0. The van der Waals surface area contributed by atoms with Crippen LogP contribution >= 0.6 is 37.2 Å². The number of nitrogens with two attached hydrogens (primary N) is 1. The zero-order valence-corrected chi connectivity index (χ0v) is 11.7. The molecule has 7 heteroatoms. The fraction of sp³-hybridized carbons (Fsp3) is 0.400. The zero-order chi connectivity index (χ0) is 9.97. The Morgan fingerprint density at radius 1 is 1.29 bits per heavy atom. The van der Waals surface area contributed by atoms with Crippen molar-refractivity contribution in [1.82, 2.24) is 0 Å². The van der Waals surface area contributed by atoms with Gasteiger partial charge in [-0.15, -0.1) is 37.2 Å². The van der Waals surface area contributed by atoms with Crippen LogP contribution in [0.1, 0.15) is 0 Å². The second-order valence-corrected chi connectivity index (χ2v) is 3.41. The van der Waals surface area contributed by atoms with Crippen molar-refractivity contribution in [3.05, 3.63) is 18.2 Å². The van der Waals surface area contributed by atoms with Crippen molar-refractivity contribution < 1.29 is 5.11 Å². The Morgan fingerprint density at radius 3 is 2.65 bits per heavy atom. The van der Waals surface area contributed by atoms with Crippen molar-refractivity contribution in [2.45, 2.75) is 0 Å². The topological polar surface area (TPSA) is 61.5 Å². The minimum Gasteiger partial charge on any atom is -0.399 e. The molecule has 1 aromatic carbocycles. The Morgan fingerprint density at radius 2 is 2.00 bits per heavy atom. The van der Waals surface area contributed by atoms with Gasteiger partial charge in [0.1, 0.15) is 0 Å². The van der Waals surface area contributed by atoms with Gasteiger partial charge in [-0.1, -0.05) is 0 Å². The van der Waals surface area contributed by atoms with Crippen LogP contribution in [0.3, 0.4) is 0 Å². The minimum absolute atomic E-state index is 0. The van der Waals surface area contributed by atoms with Crippen LogP contribution in [0.15, 0.2) is 18.2 Å². The number of halogens is 3. The second-order valence-electron chi connectivity index (χ2n) is 3.41. The first-order valence-electron chi connectivity index (χ1n) is 4.80. The number of fused-ring (bicyclic) bond motifs is 1. The van der Waals surface area contributed by atoms with Crippen molar-refractivity contribution >= 4 is 54.3 Å². The molecule has 0 bridgehead atoms. The molecular formula is C10H18Cl3N3O. The first-order chi connectivity index (χ1) is 6.81. The van der Waals surface area contributed by atoms with Gasteiger partial charge in [0, 0.05) is 25.3 Å². The number of anilines is 3.